The van der Waals surface area contributed by atoms with Crippen LogP contribution in [0.5, 0.6) is 5.75 Å². The number of fused-ring (bicyclic) bond motifs is 1. The Balaban J connectivity index is 1.48. The highest BCUT2D eigenvalue weighted by Crippen LogP contribution is 2.31. The van der Waals surface area contributed by atoms with Crippen LogP contribution in [0, 0.1) is 11.8 Å². The second-order valence-corrected chi connectivity index (χ2v) is 8.36. The summed E-state index contributed by atoms with van der Waals surface area (Å²) in [6.45, 7) is 0.377. The fourth-order valence-corrected chi connectivity index (χ4v) is 4.56. The van der Waals surface area contributed by atoms with Gasteiger partial charge >= 0.3 is 5.69 Å². The topological polar surface area (TPSA) is 83.2 Å². The Morgan fingerprint density at radius 2 is 1.94 bits per heavy atom. The highest BCUT2D eigenvalue weighted by Gasteiger charge is 2.27. The molecule has 2 heterocycles. The van der Waals surface area contributed by atoms with Crippen molar-refractivity contribution in [3.63, 3.8) is 0 Å². The monoisotopic (exact) mass is 421 g/mol. The summed E-state index contributed by atoms with van der Waals surface area (Å²) in [7, 11) is 3.23. The van der Waals surface area contributed by atoms with Crippen molar-refractivity contribution in [2.45, 2.75) is 38.6 Å². The van der Waals surface area contributed by atoms with Crippen LogP contribution >= 0.6 is 0 Å². The van der Waals surface area contributed by atoms with Crippen molar-refractivity contribution in [1.82, 2.24) is 14.1 Å². The third-order valence-electron chi connectivity index (χ3n) is 6.40. The predicted octanol–water partition coefficient (Wildman–Crippen LogP) is 2.72. The molecule has 1 aromatic carbocycles. The van der Waals surface area contributed by atoms with E-state index in [0.29, 0.717) is 29.6 Å². The van der Waals surface area contributed by atoms with Crippen molar-refractivity contribution in [1.29, 1.82) is 0 Å². The standard InChI is InChI=1S/C24H27N3O4/c1-26-21-10-9-19(31-2)13-20(21)23(29)27(24(26)30)15-16-5-7-18(8-6-16)22(28)12-17-4-3-11-25-14-17/h3-4,9-11,13-14,16,18H,5-8,12,15H2,1-2H3. The van der Waals surface area contributed by atoms with Gasteiger partial charge in [-0.3, -0.25) is 23.7 Å². The number of nitrogens with zero attached hydrogens (tertiary/aromatic N) is 3. The molecule has 3 aromatic rings. The van der Waals surface area contributed by atoms with Crippen molar-refractivity contribution in [2.75, 3.05) is 7.11 Å². The number of aryl methyl sites for hydroxylation is 1. The summed E-state index contributed by atoms with van der Waals surface area (Å²) >= 11 is 0. The van der Waals surface area contributed by atoms with Gasteiger partial charge in [0.1, 0.15) is 11.5 Å². The van der Waals surface area contributed by atoms with Crippen LogP contribution in [0.4, 0.5) is 0 Å². The molecule has 1 fully saturated rings. The number of carbonyl (C=O) groups excluding carboxylic acids is 1. The van der Waals surface area contributed by atoms with Gasteiger partial charge in [-0.2, -0.15) is 0 Å². The zero-order valence-electron chi connectivity index (χ0n) is 17.9. The quantitative estimate of drug-likeness (QED) is 0.611. The van der Waals surface area contributed by atoms with Gasteiger partial charge in [-0.15, -0.1) is 0 Å². The first-order valence-corrected chi connectivity index (χ1v) is 10.7. The number of benzene rings is 1. The van der Waals surface area contributed by atoms with Gasteiger partial charge in [-0.05, 0) is 61.4 Å². The Kier molecular flexibility index (Phi) is 6.02. The average molecular weight is 421 g/mol. The Morgan fingerprint density at radius 3 is 2.61 bits per heavy atom. The number of hydrogen-bond acceptors (Lipinski definition) is 5. The zero-order chi connectivity index (χ0) is 22.0. The maximum Gasteiger partial charge on any atom is 0.331 e. The molecule has 0 amide bonds. The van der Waals surface area contributed by atoms with E-state index < -0.39 is 0 Å². The molecule has 7 nitrogen and oxygen atoms in total. The van der Waals surface area contributed by atoms with E-state index in [0.717, 1.165) is 31.2 Å². The fraction of sp³-hybridized carbons (Fsp3) is 0.417. The summed E-state index contributed by atoms with van der Waals surface area (Å²) in [5.74, 6) is 1.08. The lowest BCUT2D eigenvalue weighted by Gasteiger charge is -2.28. The van der Waals surface area contributed by atoms with Gasteiger partial charge in [-0.25, -0.2) is 4.79 Å². The number of ether oxygens (including phenoxy) is 1. The molecule has 0 unspecified atom stereocenters. The van der Waals surface area contributed by atoms with E-state index >= 15 is 0 Å². The molecule has 162 valence electrons. The van der Waals surface area contributed by atoms with Crippen LogP contribution in [0.25, 0.3) is 10.9 Å². The van der Waals surface area contributed by atoms with Crippen LogP contribution in [-0.4, -0.2) is 27.0 Å². The molecule has 0 saturated heterocycles. The van der Waals surface area contributed by atoms with Crippen molar-refractivity contribution >= 4 is 16.7 Å². The zero-order valence-corrected chi connectivity index (χ0v) is 17.9. The molecule has 2 aromatic heterocycles. The lowest BCUT2D eigenvalue weighted by atomic mass is 9.79. The minimum absolute atomic E-state index is 0.0388. The van der Waals surface area contributed by atoms with Crippen LogP contribution in [-0.2, 0) is 24.8 Å². The van der Waals surface area contributed by atoms with Crippen molar-refractivity contribution in [3.8, 4) is 5.75 Å². The summed E-state index contributed by atoms with van der Waals surface area (Å²) in [5.41, 5.74) is 0.942. The van der Waals surface area contributed by atoms with Crippen molar-refractivity contribution in [3.05, 3.63) is 69.1 Å². The molecule has 7 heteroatoms. The van der Waals surface area contributed by atoms with Crippen LogP contribution in [0.3, 0.4) is 0 Å². The molecule has 1 aliphatic rings. The van der Waals surface area contributed by atoms with Gasteiger partial charge in [0.2, 0.25) is 0 Å². The molecule has 31 heavy (non-hydrogen) atoms. The van der Waals surface area contributed by atoms with E-state index in [1.54, 1.807) is 44.8 Å². The summed E-state index contributed by atoms with van der Waals surface area (Å²) in [6.07, 6.45) is 7.09. The molecule has 0 bridgehead atoms. The van der Waals surface area contributed by atoms with Gasteiger partial charge in [0.15, 0.2) is 0 Å². The first-order valence-electron chi connectivity index (χ1n) is 10.7. The van der Waals surface area contributed by atoms with Gasteiger partial charge in [0.25, 0.3) is 5.56 Å². The lowest BCUT2D eigenvalue weighted by molar-refractivity contribution is -0.123. The first-order chi connectivity index (χ1) is 15.0. The highest BCUT2D eigenvalue weighted by molar-refractivity contribution is 5.83. The molecule has 1 aliphatic carbocycles. The van der Waals surface area contributed by atoms with E-state index in [2.05, 4.69) is 4.98 Å². The molecule has 0 radical (unpaired) electrons. The summed E-state index contributed by atoms with van der Waals surface area (Å²) in [4.78, 5) is 42.6. The average Bonchev–Trinajstić information content (AvgIpc) is 2.81. The van der Waals surface area contributed by atoms with Crippen LogP contribution < -0.4 is 16.0 Å². The molecule has 1 saturated carbocycles. The number of hydrogen-bond donors (Lipinski definition) is 0. The van der Waals surface area contributed by atoms with E-state index in [1.165, 1.54) is 9.13 Å². The minimum atomic E-state index is -0.308. The van der Waals surface area contributed by atoms with E-state index in [1.807, 2.05) is 12.1 Å². The number of ketones is 1. The third kappa shape index (κ3) is 4.31. The summed E-state index contributed by atoms with van der Waals surface area (Å²) < 4.78 is 8.09. The van der Waals surface area contributed by atoms with Crippen LogP contribution in [0.2, 0.25) is 0 Å². The number of Topliss-reactive ketones (excluding diaryl/α,β-unsaturated/α-hetero) is 1. The fourth-order valence-electron chi connectivity index (χ4n) is 4.56. The number of pyridine rings is 1. The first kappa shape index (κ1) is 21.0. The normalized spacial score (nSPS) is 18.8. The minimum Gasteiger partial charge on any atom is -0.497 e. The summed E-state index contributed by atoms with van der Waals surface area (Å²) in [6, 6.07) is 8.93. The number of carbonyl (C=O) groups is 1. The Hall–Kier alpha value is -3.22. The maximum atomic E-state index is 13.1. The van der Waals surface area contributed by atoms with E-state index in [4.69, 9.17) is 4.74 Å². The number of aromatic nitrogens is 3. The maximum absolute atomic E-state index is 13.1. The van der Waals surface area contributed by atoms with Gasteiger partial charge in [0, 0.05) is 38.3 Å². The smallest absolute Gasteiger partial charge is 0.331 e. The van der Waals surface area contributed by atoms with Crippen molar-refractivity contribution in [2.24, 2.45) is 18.9 Å². The van der Waals surface area contributed by atoms with Crippen LogP contribution in [0.1, 0.15) is 31.2 Å². The summed E-state index contributed by atoms with van der Waals surface area (Å²) in [5, 5.41) is 0.474. The Labute approximate surface area is 180 Å². The predicted molar refractivity (Wildman–Crippen MR) is 118 cm³/mol. The highest BCUT2D eigenvalue weighted by atomic mass is 16.5. The van der Waals surface area contributed by atoms with E-state index in [-0.39, 0.29) is 28.9 Å². The molecular formula is C24H27N3O4. The van der Waals surface area contributed by atoms with Gasteiger partial charge in [0.05, 0.1) is 18.0 Å². The Bertz CT molecular complexity index is 1210. The second kappa shape index (κ2) is 8.88. The molecule has 0 aliphatic heterocycles. The van der Waals surface area contributed by atoms with Gasteiger partial charge in [-0.1, -0.05) is 6.07 Å². The van der Waals surface area contributed by atoms with Crippen molar-refractivity contribution < 1.29 is 9.53 Å². The third-order valence-corrected chi connectivity index (χ3v) is 6.40. The Morgan fingerprint density at radius 1 is 1.16 bits per heavy atom. The molecule has 0 N–H and O–H groups in total. The SMILES string of the molecule is COc1ccc2c(c1)c(=O)n(CC1CCC(C(=O)Cc3cccnc3)CC1)c(=O)n2C. The van der Waals surface area contributed by atoms with E-state index in [9.17, 15) is 14.4 Å². The second-order valence-electron chi connectivity index (χ2n) is 8.36. The molecule has 4 rings (SSSR count). The molecule has 0 atom stereocenters. The molecular weight excluding hydrogens is 394 g/mol. The number of methoxy groups -OCH3 is 1. The number of rotatable bonds is 6. The molecule has 0 spiro atoms. The van der Waals surface area contributed by atoms with Crippen LogP contribution in [0.15, 0.2) is 52.3 Å². The largest absolute Gasteiger partial charge is 0.497 e. The van der Waals surface area contributed by atoms with Gasteiger partial charge < -0.3 is 4.74 Å². The lowest BCUT2D eigenvalue weighted by Crippen LogP contribution is -2.41.